The van der Waals surface area contributed by atoms with Gasteiger partial charge in [0.25, 0.3) is 0 Å². The fraction of sp³-hybridized carbons (Fsp3) is 0.471. The van der Waals surface area contributed by atoms with Crippen LogP contribution in [0.25, 0.3) is 0 Å². The minimum atomic E-state index is -0.136. The van der Waals surface area contributed by atoms with Crippen LogP contribution in [0.5, 0.6) is 5.75 Å². The van der Waals surface area contributed by atoms with Crippen LogP contribution >= 0.6 is 0 Å². The van der Waals surface area contributed by atoms with E-state index >= 15 is 0 Å². The number of rotatable bonds is 5. The molecule has 1 aromatic carbocycles. The van der Waals surface area contributed by atoms with E-state index in [0.29, 0.717) is 6.54 Å². The molecule has 0 spiro atoms. The SMILES string of the molecule is COc1ccccc1CCNC(=O)NC=C1CCCCC1. The van der Waals surface area contributed by atoms with Gasteiger partial charge in [0.05, 0.1) is 7.11 Å². The van der Waals surface area contributed by atoms with Gasteiger partial charge in [-0.1, -0.05) is 30.2 Å². The Hall–Kier alpha value is -1.97. The molecule has 4 heteroatoms. The molecule has 2 N–H and O–H groups in total. The number of benzene rings is 1. The normalized spacial score (nSPS) is 14.4. The van der Waals surface area contributed by atoms with Crippen LogP contribution in [0.2, 0.25) is 0 Å². The third-order valence-corrected chi connectivity index (χ3v) is 3.78. The Morgan fingerprint density at radius 2 is 2.00 bits per heavy atom. The third-order valence-electron chi connectivity index (χ3n) is 3.78. The first-order valence-electron chi connectivity index (χ1n) is 7.64. The van der Waals surface area contributed by atoms with Crippen molar-refractivity contribution in [3.63, 3.8) is 0 Å². The molecule has 0 bridgehead atoms. The lowest BCUT2D eigenvalue weighted by atomic mass is 9.96. The molecule has 1 aliphatic carbocycles. The average molecular weight is 288 g/mol. The van der Waals surface area contributed by atoms with Crippen LogP contribution < -0.4 is 15.4 Å². The Morgan fingerprint density at radius 3 is 2.76 bits per heavy atom. The first kappa shape index (κ1) is 15.4. The monoisotopic (exact) mass is 288 g/mol. The highest BCUT2D eigenvalue weighted by molar-refractivity contribution is 5.74. The van der Waals surface area contributed by atoms with Crippen molar-refractivity contribution in [1.29, 1.82) is 0 Å². The number of allylic oxidation sites excluding steroid dienone is 1. The number of para-hydroxylation sites is 1. The third kappa shape index (κ3) is 5.14. The van der Waals surface area contributed by atoms with Crippen LogP contribution in [0.4, 0.5) is 4.79 Å². The van der Waals surface area contributed by atoms with Gasteiger partial charge < -0.3 is 15.4 Å². The maximum atomic E-state index is 11.7. The molecular weight excluding hydrogens is 264 g/mol. The molecule has 21 heavy (non-hydrogen) atoms. The van der Waals surface area contributed by atoms with Crippen molar-refractivity contribution in [1.82, 2.24) is 10.6 Å². The summed E-state index contributed by atoms with van der Waals surface area (Å²) < 4.78 is 5.29. The van der Waals surface area contributed by atoms with E-state index in [-0.39, 0.29) is 6.03 Å². The summed E-state index contributed by atoms with van der Waals surface area (Å²) in [6.45, 7) is 0.593. The number of carbonyl (C=O) groups excluding carboxylic acids is 1. The number of urea groups is 1. The van der Waals surface area contributed by atoms with E-state index in [9.17, 15) is 4.79 Å². The predicted octanol–water partition coefficient (Wildman–Crippen LogP) is 3.38. The zero-order chi connectivity index (χ0) is 14.9. The molecular formula is C17H24N2O2. The molecule has 2 rings (SSSR count). The second-order valence-corrected chi connectivity index (χ2v) is 5.33. The van der Waals surface area contributed by atoms with E-state index < -0.39 is 0 Å². The molecule has 0 aliphatic heterocycles. The molecule has 0 atom stereocenters. The topological polar surface area (TPSA) is 50.4 Å². The molecule has 1 aromatic rings. The molecule has 0 saturated heterocycles. The highest BCUT2D eigenvalue weighted by Crippen LogP contribution is 2.21. The Labute approximate surface area is 126 Å². The van der Waals surface area contributed by atoms with E-state index in [4.69, 9.17) is 4.74 Å². The number of ether oxygens (including phenoxy) is 1. The molecule has 2 amide bonds. The van der Waals surface area contributed by atoms with Gasteiger partial charge in [-0.25, -0.2) is 4.79 Å². The summed E-state index contributed by atoms with van der Waals surface area (Å²) in [7, 11) is 1.66. The Kier molecular flexibility index (Phi) is 6.13. The van der Waals surface area contributed by atoms with E-state index in [1.54, 1.807) is 7.11 Å². The minimum absolute atomic E-state index is 0.136. The maximum Gasteiger partial charge on any atom is 0.318 e. The largest absolute Gasteiger partial charge is 0.496 e. The zero-order valence-corrected chi connectivity index (χ0v) is 12.7. The first-order valence-corrected chi connectivity index (χ1v) is 7.64. The second-order valence-electron chi connectivity index (χ2n) is 5.33. The lowest BCUT2D eigenvalue weighted by Crippen LogP contribution is -2.33. The van der Waals surface area contributed by atoms with Crippen LogP contribution in [0.1, 0.15) is 37.7 Å². The van der Waals surface area contributed by atoms with Crippen molar-refractivity contribution in [2.24, 2.45) is 0 Å². The molecule has 1 aliphatic rings. The number of carbonyl (C=O) groups is 1. The van der Waals surface area contributed by atoms with Crippen LogP contribution in [-0.4, -0.2) is 19.7 Å². The number of amides is 2. The van der Waals surface area contributed by atoms with Crippen molar-refractivity contribution in [3.8, 4) is 5.75 Å². The number of methoxy groups -OCH3 is 1. The Balaban J connectivity index is 1.71. The molecule has 114 valence electrons. The lowest BCUT2D eigenvalue weighted by Gasteiger charge is -2.13. The minimum Gasteiger partial charge on any atom is -0.496 e. The summed E-state index contributed by atoms with van der Waals surface area (Å²) in [6, 6.07) is 7.73. The van der Waals surface area contributed by atoms with Crippen molar-refractivity contribution >= 4 is 6.03 Å². The van der Waals surface area contributed by atoms with Gasteiger partial charge in [-0.15, -0.1) is 0 Å². The van der Waals surface area contributed by atoms with Crippen molar-refractivity contribution in [2.75, 3.05) is 13.7 Å². The van der Waals surface area contributed by atoms with Crippen LogP contribution in [-0.2, 0) is 6.42 Å². The molecule has 1 fully saturated rings. The van der Waals surface area contributed by atoms with Gasteiger partial charge in [-0.05, 0) is 43.7 Å². The van der Waals surface area contributed by atoms with Crippen molar-refractivity contribution < 1.29 is 9.53 Å². The van der Waals surface area contributed by atoms with E-state index in [1.165, 1.54) is 24.8 Å². The highest BCUT2D eigenvalue weighted by atomic mass is 16.5. The summed E-state index contributed by atoms with van der Waals surface area (Å²) >= 11 is 0. The van der Waals surface area contributed by atoms with E-state index in [0.717, 1.165) is 30.6 Å². The van der Waals surface area contributed by atoms with Crippen LogP contribution in [0.3, 0.4) is 0 Å². The smallest absolute Gasteiger partial charge is 0.318 e. The molecule has 0 radical (unpaired) electrons. The predicted molar refractivity (Wildman–Crippen MR) is 84.4 cm³/mol. The first-order chi connectivity index (χ1) is 10.3. The van der Waals surface area contributed by atoms with Crippen LogP contribution in [0, 0.1) is 0 Å². The maximum absolute atomic E-state index is 11.7. The van der Waals surface area contributed by atoms with Crippen molar-refractivity contribution in [3.05, 3.63) is 41.6 Å². The van der Waals surface area contributed by atoms with Gasteiger partial charge in [0.1, 0.15) is 5.75 Å². The number of hydrogen-bond donors (Lipinski definition) is 2. The quantitative estimate of drug-likeness (QED) is 0.872. The Morgan fingerprint density at radius 1 is 1.24 bits per heavy atom. The fourth-order valence-corrected chi connectivity index (χ4v) is 2.59. The average Bonchev–Trinajstić information content (AvgIpc) is 2.54. The highest BCUT2D eigenvalue weighted by Gasteiger charge is 2.06. The van der Waals surface area contributed by atoms with Gasteiger partial charge in [0.15, 0.2) is 0 Å². The summed E-state index contributed by atoms with van der Waals surface area (Å²) in [4.78, 5) is 11.7. The molecule has 1 saturated carbocycles. The number of hydrogen-bond acceptors (Lipinski definition) is 2. The van der Waals surface area contributed by atoms with Gasteiger partial charge >= 0.3 is 6.03 Å². The fourth-order valence-electron chi connectivity index (χ4n) is 2.59. The summed E-state index contributed by atoms with van der Waals surface area (Å²) in [5.74, 6) is 0.865. The van der Waals surface area contributed by atoms with Gasteiger partial charge in [0.2, 0.25) is 0 Å². The standard InChI is InChI=1S/C17H24N2O2/c1-21-16-10-6-5-9-15(16)11-12-18-17(20)19-13-14-7-3-2-4-8-14/h5-6,9-10,13H,2-4,7-8,11-12H2,1H3,(H2,18,19,20). The molecule has 0 unspecified atom stereocenters. The zero-order valence-electron chi connectivity index (χ0n) is 12.7. The summed E-state index contributed by atoms with van der Waals surface area (Å²) in [5.41, 5.74) is 2.45. The van der Waals surface area contributed by atoms with Gasteiger partial charge in [-0.3, -0.25) is 0 Å². The second kappa shape index (κ2) is 8.35. The molecule has 0 heterocycles. The lowest BCUT2D eigenvalue weighted by molar-refractivity contribution is 0.244. The van der Waals surface area contributed by atoms with Gasteiger partial charge in [0, 0.05) is 12.7 Å². The molecule has 4 nitrogen and oxygen atoms in total. The van der Waals surface area contributed by atoms with E-state index in [2.05, 4.69) is 10.6 Å². The van der Waals surface area contributed by atoms with Crippen molar-refractivity contribution in [2.45, 2.75) is 38.5 Å². The van der Waals surface area contributed by atoms with E-state index in [1.807, 2.05) is 30.5 Å². The van der Waals surface area contributed by atoms with Crippen LogP contribution in [0.15, 0.2) is 36.0 Å². The molecule has 0 aromatic heterocycles. The summed E-state index contributed by atoms with van der Waals surface area (Å²) in [5, 5.41) is 5.70. The Bertz CT molecular complexity index is 489. The summed E-state index contributed by atoms with van der Waals surface area (Å²) in [6.07, 6.45) is 8.64. The number of nitrogens with one attached hydrogen (secondary N) is 2. The van der Waals surface area contributed by atoms with Gasteiger partial charge in [-0.2, -0.15) is 0 Å².